The van der Waals surface area contributed by atoms with Crippen molar-refractivity contribution in [3.05, 3.63) is 64.4 Å². The average molecular weight is 301 g/mol. The van der Waals surface area contributed by atoms with E-state index in [4.69, 9.17) is 17.3 Å². The Kier molecular flexibility index (Phi) is 4.30. The average Bonchev–Trinajstić information content (AvgIpc) is 2.40. The Morgan fingerprint density at radius 3 is 2.25 bits per heavy atom. The van der Waals surface area contributed by atoms with Crippen LogP contribution in [0.5, 0.6) is 0 Å². The molecule has 0 amide bonds. The van der Waals surface area contributed by atoms with Crippen LogP contribution >= 0.6 is 11.6 Å². The van der Waals surface area contributed by atoms with E-state index in [9.17, 15) is 13.2 Å². The van der Waals surface area contributed by atoms with Crippen LogP contribution in [-0.2, 0) is 12.6 Å². The summed E-state index contributed by atoms with van der Waals surface area (Å²) in [5, 5.41) is 0.620. The van der Waals surface area contributed by atoms with Crippen LogP contribution in [0.1, 0.15) is 22.9 Å². The Morgan fingerprint density at radius 2 is 1.75 bits per heavy atom. The zero-order chi connectivity index (χ0) is 14.8. The SMILES string of the molecule is NC(Cc1ccc(Cl)cc1)c1ccc(C(F)(F)F)cn1. The maximum absolute atomic E-state index is 12.4. The summed E-state index contributed by atoms with van der Waals surface area (Å²) in [5.74, 6) is 0. The van der Waals surface area contributed by atoms with E-state index in [2.05, 4.69) is 4.98 Å². The van der Waals surface area contributed by atoms with E-state index in [-0.39, 0.29) is 0 Å². The molecule has 0 spiro atoms. The van der Waals surface area contributed by atoms with Gasteiger partial charge in [-0.05, 0) is 36.2 Å². The molecular weight excluding hydrogens is 289 g/mol. The maximum atomic E-state index is 12.4. The molecule has 6 heteroatoms. The largest absolute Gasteiger partial charge is 0.417 e. The Labute approximate surface area is 119 Å². The molecule has 0 aliphatic carbocycles. The highest BCUT2D eigenvalue weighted by Crippen LogP contribution is 2.29. The van der Waals surface area contributed by atoms with Gasteiger partial charge in [-0.3, -0.25) is 4.98 Å². The van der Waals surface area contributed by atoms with Crippen LogP contribution in [0.15, 0.2) is 42.6 Å². The smallest absolute Gasteiger partial charge is 0.322 e. The van der Waals surface area contributed by atoms with Crippen molar-refractivity contribution in [1.82, 2.24) is 4.98 Å². The van der Waals surface area contributed by atoms with Gasteiger partial charge in [0.2, 0.25) is 0 Å². The fourth-order valence-corrected chi connectivity index (χ4v) is 1.90. The van der Waals surface area contributed by atoms with Crippen molar-refractivity contribution in [3.8, 4) is 0 Å². The molecule has 0 fully saturated rings. The van der Waals surface area contributed by atoms with Gasteiger partial charge in [-0.25, -0.2) is 0 Å². The molecule has 0 radical (unpaired) electrons. The predicted octanol–water partition coefficient (Wildman–Crippen LogP) is 4.00. The summed E-state index contributed by atoms with van der Waals surface area (Å²) >= 11 is 5.78. The highest BCUT2D eigenvalue weighted by molar-refractivity contribution is 6.30. The van der Waals surface area contributed by atoms with Gasteiger partial charge in [0.25, 0.3) is 0 Å². The molecule has 1 aromatic carbocycles. The second-order valence-corrected chi connectivity index (χ2v) is 4.84. The van der Waals surface area contributed by atoms with E-state index < -0.39 is 17.8 Å². The number of nitrogens with zero attached hydrogens (tertiary/aromatic N) is 1. The number of hydrogen-bond donors (Lipinski definition) is 1. The lowest BCUT2D eigenvalue weighted by Crippen LogP contribution is -2.16. The lowest BCUT2D eigenvalue weighted by atomic mass is 10.0. The third-order valence-electron chi connectivity index (χ3n) is 2.86. The second kappa shape index (κ2) is 5.81. The molecule has 106 valence electrons. The van der Waals surface area contributed by atoms with E-state index in [0.717, 1.165) is 17.8 Å². The van der Waals surface area contributed by atoms with Crippen LogP contribution in [0.2, 0.25) is 5.02 Å². The van der Waals surface area contributed by atoms with Gasteiger partial charge in [-0.15, -0.1) is 0 Å². The van der Waals surface area contributed by atoms with Crippen molar-refractivity contribution in [2.45, 2.75) is 18.6 Å². The quantitative estimate of drug-likeness (QED) is 0.930. The van der Waals surface area contributed by atoms with Crippen molar-refractivity contribution in [2.75, 3.05) is 0 Å². The van der Waals surface area contributed by atoms with Crippen LogP contribution in [0.4, 0.5) is 13.2 Å². The maximum Gasteiger partial charge on any atom is 0.417 e. The Bertz CT molecular complexity index is 564. The zero-order valence-corrected chi connectivity index (χ0v) is 11.1. The van der Waals surface area contributed by atoms with Crippen molar-refractivity contribution < 1.29 is 13.2 Å². The van der Waals surface area contributed by atoms with Crippen molar-refractivity contribution in [2.24, 2.45) is 5.73 Å². The number of pyridine rings is 1. The number of alkyl halides is 3. The topological polar surface area (TPSA) is 38.9 Å². The number of aromatic nitrogens is 1. The van der Waals surface area contributed by atoms with Crippen LogP contribution in [0.25, 0.3) is 0 Å². The number of halogens is 4. The molecule has 0 aliphatic rings. The van der Waals surface area contributed by atoms with E-state index >= 15 is 0 Å². The highest BCUT2D eigenvalue weighted by atomic mass is 35.5. The molecule has 20 heavy (non-hydrogen) atoms. The van der Waals surface area contributed by atoms with Crippen LogP contribution in [-0.4, -0.2) is 4.98 Å². The van der Waals surface area contributed by atoms with Gasteiger partial charge in [-0.1, -0.05) is 23.7 Å². The molecule has 2 nitrogen and oxygen atoms in total. The fraction of sp³-hybridized carbons (Fsp3) is 0.214. The molecule has 0 aliphatic heterocycles. The van der Waals surface area contributed by atoms with Gasteiger partial charge in [0.05, 0.1) is 17.3 Å². The van der Waals surface area contributed by atoms with Gasteiger partial charge in [0.15, 0.2) is 0 Å². The predicted molar refractivity (Wildman–Crippen MR) is 71.3 cm³/mol. The summed E-state index contributed by atoms with van der Waals surface area (Å²) in [5.41, 5.74) is 6.54. The molecule has 1 heterocycles. The summed E-state index contributed by atoms with van der Waals surface area (Å²) in [4.78, 5) is 3.79. The molecule has 1 unspecified atom stereocenters. The molecule has 0 bridgehead atoms. The molecule has 0 saturated heterocycles. The monoisotopic (exact) mass is 300 g/mol. The minimum atomic E-state index is -4.38. The van der Waals surface area contributed by atoms with E-state index in [1.54, 1.807) is 12.1 Å². The molecule has 0 saturated carbocycles. The highest BCUT2D eigenvalue weighted by Gasteiger charge is 2.30. The van der Waals surface area contributed by atoms with Gasteiger partial charge in [0, 0.05) is 11.2 Å². The normalized spacial score (nSPS) is 13.2. The third kappa shape index (κ3) is 3.71. The molecule has 2 N–H and O–H groups in total. The first-order valence-corrected chi connectivity index (χ1v) is 6.27. The van der Waals surface area contributed by atoms with E-state index in [0.29, 0.717) is 17.1 Å². The molecule has 2 aromatic rings. The second-order valence-electron chi connectivity index (χ2n) is 4.41. The van der Waals surface area contributed by atoms with E-state index in [1.165, 1.54) is 6.07 Å². The standard InChI is InChI=1S/C14H12ClF3N2/c15-11-4-1-9(2-5-11)7-12(19)13-6-3-10(8-20-13)14(16,17)18/h1-6,8,12H,7,19H2. The van der Waals surface area contributed by atoms with Crippen molar-refractivity contribution in [1.29, 1.82) is 0 Å². The first-order chi connectivity index (χ1) is 9.36. The molecule has 1 aromatic heterocycles. The van der Waals surface area contributed by atoms with Crippen LogP contribution < -0.4 is 5.73 Å². The number of hydrogen-bond acceptors (Lipinski definition) is 2. The minimum absolute atomic E-state index is 0.424. The number of benzene rings is 1. The van der Waals surface area contributed by atoms with Gasteiger partial charge >= 0.3 is 6.18 Å². The van der Waals surface area contributed by atoms with Gasteiger partial charge < -0.3 is 5.73 Å². The fourth-order valence-electron chi connectivity index (χ4n) is 1.77. The number of rotatable bonds is 3. The summed E-state index contributed by atoms with van der Waals surface area (Å²) in [7, 11) is 0. The molecule has 1 atom stereocenters. The first kappa shape index (κ1) is 14.8. The van der Waals surface area contributed by atoms with Crippen LogP contribution in [0.3, 0.4) is 0 Å². The molecular formula is C14H12ClF3N2. The zero-order valence-electron chi connectivity index (χ0n) is 10.4. The lowest BCUT2D eigenvalue weighted by molar-refractivity contribution is -0.137. The Morgan fingerprint density at radius 1 is 1.10 bits per heavy atom. The minimum Gasteiger partial charge on any atom is -0.322 e. The Hall–Kier alpha value is -1.59. The first-order valence-electron chi connectivity index (χ1n) is 5.89. The summed E-state index contributed by atoms with van der Waals surface area (Å²) in [6, 6.07) is 8.97. The summed E-state index contributed by atoms with van der Waals surface area (Å²) in [6.07, 6.45) is -3.10. The Balaban J connectivity index is 2.09. The van der Waals surface area contributed by atoms with Crippen LogP contribution in [0, 0.1) is 0 Å². The van der Waals surface area contributed by atoms with Gasteiger partial charge in [-0.2, -0.15) is 13.2 Å². The van der Waals surface area contributed by atoms with Crippen molar-refractivity contribution >= 4 is 11.6 Å². The lowest BCUT2D eigenvalue weighted by Gasteiger charge is -2.12. The molecule has 2 rings (SSSR count). The van der Waals surface area contributed by atoms with Crippen molar-refractivity contribution in [3.63, 3.8) is 0 Å². The van der Waals surface area contributed by atoms with E-state index in [1.807, 2.05) is 12.1 Å². The summed E-state index contributed by atoms with van der Waals surface area (Å²) in [6.45, 7) is 0. The third-order valence-corrected chi connectivity index (χ3v) is 3.11. The van der Waals surface area contributed by atoms with Gasteiger partial charge in [0.1, 0.15) is 0 Å². The summed E-state index contributed by atoms with van der Waals surface area (Å²) < 4.78 is 37.3. The number of nitrogens with two attached hydrogens (primary N) is 1.